The quantitative estimate of drug-likeness (QED) is 0.809. The van der Waals surface area contributed by atoms with Crippen molar-refractivity contribution in [1.82, 2.24) is 10.2 Å². The second-order valence-electron chi connectivity index (χ2n) is 8.05. The fourth-order valence-electron chi connectivity index (χ4n) is 3.75. The lowest BCUT2D eigenvalue weighted by molar-refractivity contribution is -0.149. The first-order valence-corrected chi connectivity index (χ1v) is 9.22. The lowest BCUT2D eigenvalue weighted by Gasteiger charge is -2.34. The number of rotatable bonds is 4. The zero-order valence-corrected chi connectivity index (χ0v) is 15.4. The maximum Gasteiger partial charge on any atom is 0.408 e. The SMILES string of the molecule is CC(C)(C)OC(=O)NC(C(=O)N1CCC[C@H]1C(=O)O)C1CCCCC1. The van der Waals surface area contributed by atoms with E-state index < -0.39 is 29.7 Å². The van der Waals surface area contributed by atoms with Gasteiger partial charge in [-0.1, -0.05) is 19.3 Å². The minimum atomic E-state index is -0.981. The molecule has 2 amide bonds. The Balaban J connectivity index is 2.14. The first kappa shape index (κ1) is 19.5. The summed E-state index contributed by atoms with van der Waals surface area (Å²) in [5.74, 6) is -1.24. The van der Waals surface area contributed by atoms with Crippen LogP contribution in [0.5, 0.6) is 0 Å². The number of carboxylic acid groups (broad SMARTS) is 1. The zero-order chi connectivity index (χ0) is 18.6. The van der Waals surface area contributed by atoms with E-state index in [2.05, 4.69) is 5.32 Å². The van der Waals surface area contributed by atoms with Crippen LogP contribution in [0.25, 0.3) is 0 Å². The molecule has 2 atom stereocenters. The van der Waals surface area contributed by atoms with Crippen LogP contribution in [0.1, 0.15) is 65.7 Å². The molecular weight excluding hydrogens is 324 g/mol. The lowest BCUT2D eigenvalue weighted by atomic mass is 9.83. The lowest BCUT2D eigenvalue weighted by Crippen LogP contribution is -2.55. The van der Waals surface area contributed by atoms with Gasteiger partial charge in [-0.2, -0.15) is 0 Å². The van der Waals surface area contributed by atoms with Crippen LogP contribution in [0.15, 0.2) is 0 Å². The molecule has 0 aromatic heterocycles. The standard InChI is InChI=1S/C18H30N2O5/c1-18(2,3)25-17(24)19-14(12-8-5-4-6-9-12)15(21)20-11-7-10-13(20)16(22)23/h12-14H,4-11H2,1-3H3,(H,19,24)(H,22,23)/t13-,14?/m0/s1. The number of aliphatic carboxylic acids is 1. The van der Waals surface area contributed by atoms with E-state index in [1.54, 1.807) is 20.8 Å². The molecule has 25 heavy (non-hydrogen) atoms. The molecule has 1 heterocycles. The maximum atomic E-state index is 13.1. The molecule has 1 saturated carbocycles. The van der Waals surface area contributed by atoms with Crippen molar-refractivity contribution in [1.29, 1.82) is 0 Å². The normalized spacial score (nSPS) is 23.2. The highest BCUT2D eigenvalue weighted by Crippen LogP contribution is 2.29. The fraction of sp³-hybridized carbons (Fsp3) is 0.833. The smallest absolute Gasteiger partial charge is 0.408 e. The Kier molecular flexibility index (Phi) is 6.30. The Hall–Kier alpha value is -1.79. The number of ether oxygens (including phenoxy) is 1. The molecule has 0 bridgehead atoms. The third-order valence-electron chi connectivity index (χ3n) is 4.88. The second-order valence-corrected chi connectivity index (χ2v) is 8.05. The number of nitrogens with zero attached hydrogens (tertiary/aromatic N) is 1. The van der Waals surface area contributed by atoms with E-state index in [1.165, 1.54) is 4.90 Å². The Morgan fingerprint density at radius 3 is 2.28 bits per heavy atom. The molecule has 1 unspecified atom stereocenters. The van der Waals surface area contributed by atoms with Crippen molar-refractivity contribution < 1.29 is 24.2 Å². The highest BCUT2D eigenvalue weighted by atomic mass is 16.6. The average molecular weight is 354 g/mol. The summed E-state index contributed by atoms with van der Waals surface area (Å²) in [7, 11) is 0. The first-order chi connectivity index (χ1) is 11.7. The van der Waals surface area contributed by atoms with E-state index in [-0.39, 0.29) is 11.8 Å². The molecule has 2 rings (SSSR count). The number of carbonyl (C=O) groups is 3. The molecule has 7 heteroatoms. The predicted octanol–water partition coefficient (Wildman–Crippen LogP) is 2.54. The van der Waals surface area contributed by atoms with Crippen molar-refractivity contribution in [3.05, 3.63) is 0 Å². The number of carbonyl (C=O) groups excluding carboxylic acids is 2. The number of hydrogen-bond acceptors (Lipinski definition) is 4. The van der Waals surface area contributed by atoms with Crippen LogP contribution in [0.2, 0.25) is 0 Å². The van der Waals surface area contributed by atoms with Crippen LogP contribution in [-0.4, -0.2) is 52.2 Å². The Bertz CT molecular complexity index is 508. The summed E-state index contributed by atoms with van der Waals surface area (Å²) in [6.45, 7) is 5.73. The first-order valence-electron chi connectivity index (χ1n) is 9.22. The van der Waals surface area contributed by atoms with Gasteiger partial charge < -0.3 is 20.1 Å². The van der Waals surface area contributed by atoms with Crippen LogP contribution in [0.3, 0.4) is 0 Å². The third kappa shape index (κ3) is 5.34. The molecule has 1 aliphatic carbocycles. The van der Waals surface area contributed by atoms with Crippen molar-refractivity contribution in [2.75, 3.05) is 6.54 Å². The number of hydrogen-bond donors (Lipinski definition) is 2. The van der Waals surface area contributed by atoms with Crippen LogP contribution in [-0.2, 0) is 14.3 Å². The van der Waals surface area contributed by atoms with Crippen molar-refractivity contribution >= 4 is 18.0 Å². The molecule has 0 spiro atoms. The predicted molar refractivity (Wildman–Crippen MR) is 92.1 cm³/mol. The van der Waals surface area contributed by atoms with Gasteiger partial charge in [-0.3, -0.25) is 4.79 Å². The molecule has 1 saturated heterocycles. The summed E-state index contributed by atoms with van der Waals surface area (Å²) in [6.07, 6.45) is 5.40. The van der Waals surface area contributed by atoms with E-state index in [0.717, 1.165) is 32.1 Å². The molecule has 2 aliphatic rings. The van der Waals surface area contributed by atoms with Gasteiger partial charge in [-0.25, -0.2) is 9.59 Å². The van der Waals surface area contributed by atoms with Gasteiger partial charge >= 0.3 is 12.1 Å². The number of carboxylic acids is 1. The Morgan fingerprint density at radius 1 is 1.08 bits per heavy atom. The number of amides is 2. The van der Waals surface area contributed by atoms with E-state index in [1.807, 2.05) is 0 Å². The summed E-state index contributed by atoms with van der Waals surface area (Å²) in [4.78, 5) is 38.1. The molecule has 0 radical (unpaired) electrons. The molecule has 0 aromatic carbocycles. The minimum absolute atomic E-state index is 0.0313. The molecule has 0 aromatic rings. The summed E-state index contributed by atoms with van der Waals surface area (Å²) in [5.41, 5.74) is -0.651. The molecule has 142 valence electrons. The highest BCUT2D eigenvalue weighted by molar-refractivity contribution is 5.90. The maximum absolute atomic E-state index is 13.1. The van der Waals surface area contributed by atoms with Crippen LogP contribution >= 0.6 is 0 Å². The van der Waals surface area contributed by atoms with Crippen molar-refractivity contribution in [3.8, 4) is 0 Å². The topological polar surface area (TPSA) is 95.9 Å². The summed E-state index contributed by atoms with van der Waals surface area (Å²) >= 11 is 0. The van der Waals surface area contributed by atoms with E-state index in [9.17, 15) is 19.5 Å². The summed E-state index contributed by atoms with van der Waals surface area (Å²) in [5, 5.41) is 12.1. The monoisotopic (exact) mass is 354 g/mol. The van der Waals surface area contributed by atoms with E-state index in [4.69, 9.17) is 4.74 Å². The van der Waals surface area contributed by atoms with Gasteiger partial charge in [-0.15, -0.1) is 0 Å². The highest BCUT2D eigenvalue weighted by Gasteiger charge is 2.41. The Morgan fingerprint density at radius 2 is 1.72 bits per heavy atom. The second kappa shape index (κ2) is 8.06. The van der Waals surface area contributed by atoms with Gasteiger partial charge in [0, 0.05) is 6.54 Å². The molecule has 1 aliphatic heterocycles. The van der Waals surface area contributed by atoms with E-state index >= 15 is 0 Å². The van der Waals surface area contributed by atoms with Gasteiger partial charge in [0.1, 0.15) is 17.7 Å². The molecule has 2 N–H and O–H groups in total. The van der Waals surface area contributed by atoms with Gasteiger partial charge in [0.05, 0.1) is 0 Å². The number of likely N-dealkylation sites (tertiary alicyclic amines) is 1. The van der Waals surface area contributed by atoms with Crippen LogP contribution in [0, 0.1) is 5.92 Å². The zero-order valence-electron chi connectivity index (χ0n) is 15.4. The van der Waals surface area contributed by atoms with Gasteiger partial charge in [-0.05, 0) is 52.4 Å². The Labute approximate surface area is 149 Å². The van der Waals surface area contributed by atoms with E-state index in [0.29, 0.717) is 19.4 Å². The summed E-state index contributed by atoms with van der Waals surface area (Å²) in [6, 6.07) is -1.51. The van der Waals surface area contributed by atoms with Crippen LogP contribution < -0.4 is 5.32 Å². The van der Waals surface area contributed by atoms with Crippen molar-refractivity contribution in [2.45, 2.75) is 83.4 Å². The number of nitrogens with one attached hydrogen (secondary N) is 1. The average Bonchev–Trinajstić information content (AvgIpc) is 3.01. The molecule has 2 fully saturated rings. The van der Waals surface area contributed by atoms with Gasteiger partial charge in [0.15, 0.2) is 0 Å². The van der Waals surface area contributed by atoms with Gasteiger partial charge in [0.2, 0.25) is 5.91 Å². The molecule has 7 nitrogen and oxygen atoms in total. The molecular formula is C18H30N2O5. The van der Waals surface area contributed by atoms with Gasteiger partial charge in [0.25, 0.3) is 0 Å². The van der Waals surface area contributed by atoms with Crippen molar-refractivity contribution in [3.63, 3.8) is 0 Å². The fourth-order valence-corrected chi connectivity index (χ4v) is 3.75. The van der Waals surface area contributed by atoms with Crippen molar-refractivity contribution in [2.24, 2.45) is 5.92 Å². The largest absolute Gasteiger partial charge is 0.480 e. The van der Waals surface area contributed by atoms with Crippen LogP contribution in [0.4, 0.5) is 4.79 Å². The number of alkyl carbamates (subject to hydrolysis) is 1. The minimum Gasteiger partial charge on any atom is -0.480 e. The third-order valence-corrected chi connectivity index (χ3v) is 4.88. The summed E-state index contributed by atoms with van der Waals surface area (Å²) < 4.78 is 5.31.